The standard InChI is InChI=1S/C16H24FN/c1-12-5-3-7-14(9-12)16(2,18)11-13-6-4-8-15(17)10-13/h4,6,8,10,12,14H,3,5,7,9,11,18H2,1-2H3. The van der Waals surface area contributed by atoms with Gasteiger partial charge in [-0.1, -0.05) is 31.9 Å². The third kappa shape index (κ3) is 3.32. The van der Waals surface area contributed by atoms with Crippen LogP contribution in [0.25, 0.3) is 0 Å². The van der Waals surface area contributed by atoms with Crippen molar-refractivity contribution in [2.24, 2.45) is 17.6 Å². The van der Waals surface area contributed by atoms with Gasteiger partial charge in [0.05, 0.1) is 0 Å². The zero-order valence-electron chi connectivity index (χ0n) is 11.5. The summed E-state index contributed by atoms with van der Waals surface area (Å²) >= 11 is 0. The predicted molar refractivity (Wildman–Crippen MR) is 73.8 cm³/mol. The first-order valence-corrected chi connectivity index (χ1v) is 7.01. The maximum atomic E-state index is 13.2. The van der Waals surface area contributed by atoms with Crippen molar-refractivity contribution in [3.8, 4) is 0 Å². The molecule has 1 nitrogen and oxygen atoms in total. The molecule has 1 aliphatic rings. The van der Waals surface area contributed by atoms with Gasteiger partial charge in [0, 0.05) is 5.54 Å². The number of rotatable bonds is 3. The Balaban J connectivity index is 2.06. The highest BCUT2D eigenvalue weighted by atomic mass is 19.1. The van der Waals surface area contributed by atoms with Crippen LogP contribution in [0.4, 0.5) is 4.39 Å². The molecule has 1 fully saturated rings. The molecule has 2 rings (SSSR count). The zero-order chi connectivity index (χ0) is 13.2. The van der Waals surface area contributed by atoms with Crippen LogP contribution in [-0.2, 0) is 6.42 Å². The normalized spacial score (nSPS) is 27.8. The molecular formula is C16H24FN. The number of halogens is 1. The van der Waals surface area contributed by atoms with Crippen molar-refractivity contribution in [1.82, 2.24) is 0 Å². The van der Waals surface area contributed by atoms with Gasteiger partial charge in [-0.15, -0.1) is 0 Å². The highest BCUT2D eigenvalue weighted by Gasteiger charge is 2.33. The average molecular weight is 249 g/mol. The summed E-state index contributed by atoms with van der Waals surface area (Å²) in [5.41, 5.74) is 7.31. The molecule has 2 heteroatoms. The molecule has 100 valence electrons. The molecule has 0 amide bonds. The van der Waals surface area contributed by atoms with Crippen molar-refractivity contribution in [2.75, 3.05) is 0 Å². The fourth-order valence-electron chi connectivity index (χ4n) is 3.26. The molecule has 0 aliphatic heterocycles. The average Bonchev–Trinajstić information content (AvgIpc) is 2.28. The lowest BCUT2D eigenvalue weighted by molar-refractivity contribution is 0.183. The maximum absolute atomic E-state index is 13.2. The van der Waals surface area contributed by atoms with Crippen molar-refractivity contribution in [3.63, 3.8) is 0 Å². The van der Waals surface area contributed by atoms with Crippen LogP contribution < -0.4 is 5.73 Å². The molecule has 3 atom stereocenters. The Labute approximate surface area is 110 Å². The van der Waals surface area contributed by atoms with Crippen molar-refractivity contribution >= 4 is 0 Å². The summed E-state index contributed by atoms with van der Waals surface area (Å²) in [6.45, 7) is 4.44. The molecule has 18 heavy (non-hydrogen) atoms. The predicted octanol–water partition coefficient (Wildman–Crippen LogP) is 3.91. The largest absolute Gasteiger partial charge is 0.325 e. The molecular weight excluding hydrogens is 225 g/mol. The van der Waals surface area contributed by atoms with Gasteiger partial charge in [-0.25, -0.2) is 4.39 Å². The Kier molecular flexibility index (Phi) is 4.06. The van der Waals surface area contributed by atoms with E-state index >= 15 is 0 Å². The monoisotopic (exact) mass is 249 g/mol. The van der Waals surface area contributed by atoms with Crippen molar-refractivity contribution in [3.05, 3.63) is 35.6 Å². The van der Waals surface area contributed by atoms with E-state index in [4.69, 9.17) is 5.73 Å². The Morgan fingerprint density at radius 2 is 2.17 bits per heavy atom. The van der Waals surface area contributed by atoms with Gasteiger partial charge in [-0.2, -0.15) is 0 Å². The van der Waals surface area contributed by atoms with E-state index in [-0.39, 0.29) is 11.4 Å². The highest BCUT2D eigenvalue weighted by Crippen LogP contribution is 2.36. The lowest BCUT2D eigenvalue weighted by atomic mass is 9.70. The van der Waals surface area contributed by atoms with Gasteiger partial charge in [0.15, 0.2) is 0 Å². The molecule has 1 aromatic carbocycles. The van der Waals surface area contributed by atoms with Gasteiger partial charge in [0.25, 0.3) is 0 Å². The highest BCUT2D eigenvalue weighted by molar-refractivity contribution is 5.19. The minimum absolute atomic E-state index is 0.166. The quantitative estimate of drug-likeness (QED) is 0.863. The number of hydrogen-bond acceptors (Lipinski definition) is 1. The third-order valence-corrected chi connectivity index (χ3v) is 4.34. The maximum Gasteiger partial charge on any atom is 0.123 e. The Morgan fingerprint density at radius 3 is 2.83 bits per heavy atom. The van der Waals surface area contributed by atoms with Crippen LogP contribution in [0, 0.1) is 17.7 Å². The van der Waals surface area contributed by atoms with Gasteiger partial charge in [0.2, 0.25) is 0 Å². The van der Waals surface area contributed by atoms with E-state index in [9.17, 15) is 4.39 Å². The molecule has 1 aliphatic carbocycles. The topological polar surface area (TPSA) is 26.0 Å². The summed E-state index contributed by atoms with van der Waals surface area (Å²) in [6.07, 6.45) is 5.80. The van der Waals surface area contributed by atoms with Crippen molar-refractivity contribution < 1.29 is 4.39 Å². The molecule has 1 saturated carbocycles. The Morgan fingerprint density at radius 1 is 1.39 bits per heavy atom. The van der Waals surface area contributed by atoms with Gasteiger partial charge >= 0.3 is 0 Å². The van der Waals surface area contributed by atoms with Crippen LogP contribution in [0.3, 0.4) is 0 Å². The van der Waals surface area contributed by atoms with Crippen LogP contribution >= 0.6 is 0 Å². The summed E-state index contributed by atoms with van der Waals surface area (Å²) in [7, 11) is 0. The molecule has 0 aromatic heterocycles. The van der Waals surface area contributed by atoms with Gasteiger partial charge in [0.1, 0.15) is 5.82 Å². The second kappa shape index (κ2) is 5.40. The van der Waals surface area contributed by atoms with E-state index in [1.165, 1.54) is 31.7 Å². The third-order valence-electron chi connectivity index (χ3n) is 4.34. The second-order valence-corrected chi connectivity index (χ2v) is 6.28. The molecule has 2 N–H and O–H groups in total. The van der Waals surface area contributed by atoms with Gasteiger partial charge in [-0.05, 0) is 55.7 Å². The first kappa shape index (κ1) is 13.5. The minimum atomic E-state index is -0.220. The summed E-state index contributed by atoms with van der Waals surface area (Å²) < 4.78 is 13.2. The summed E-state index contributed by atoms with van der Waals surface area (Å²) in [5, 5.41) is 0. The van der Waals surface area contributed by atoms with Crippen LogP contribution in [-0.4, -0.2) is 5.54 Å². The fourth-order valence-corrected chi connectivity index (χ4v) is 3.26. The van der Waals surface area contributed by atoms with Crippen molar-refractivity contribution in [2.45, 2.75) is 51.5 Å². The molecule has 1 aromatic rings. The second-order valence-electron chi connectivity index (χ2n) is 6.28. The van der Waals surface area contributed by atoms with Crippen LogP contribution in [0.15, 0.2) is 24.3 Å². The van der Waals surface area contributed by atoms with Gasteiger partial charge in [-0.3, -0.25) is 0 Å². The van der Waals surface area contributed by atoms with Gasteiger partial charge < -0.3 is 5.73 Å². The molecule has 0 saturated heterocycles. The number of hydrogen-bond donors (Lipinski definition) is 1. The zero-order valence-corrected chi connectivity index (χ0v) is 11.5. The summed E-state index contributed by atoms with van der Waals surface area (Å²) in [5.74, 6) is 1.17. The van der Waals surface area contributed by atoms with Crippen LogP contribution in [0.5, 0.6) is 0 Å². The lowest BCUT2D eigenvalue weighted by Crippen LogP contribution is -2.47. The summed E-state index contributed by atoms with van der Waals surface area (Å²) in [6, 6.07) is 6.84. The molecule has 0 spiro atoms. The number of benzene rings is 1. The van der Waals surface area contributed by atoms with E-state index in [2.05, 4.69) is 13.8 Å². The lowest BCUT2D eigenvalue weighted by Gasteiger charge is -2.39. The Bertz CT molecular complexity index is 400. The van der Waals surface area contributed by atoms with Crippen LogP contribution in [0.1, 0.15) is 45.1 Å². The number of nitrogens with two attached hydrogens (primary N) is 1. The van der Waals surface area contributed by atoms with E-state index in [1.54, 1.807) is 12.1 Å². The molecule has 0 bridgehead atoms. The molecule has 3 unspecified atom stereocenters. The Hall–Kier alpha value is -0.890. The van der Waals surface area contributed by atoms with E-state index < -0.39 is 0 Å². The van der Waals surface area contributed by atoms with E-state index in [1.807, 2.05) is 6.07 Å². The molecule has 0 radical (unpaired) electrons. The van der Waals surface area contributed by atoms with E-state index in [0.29, 0.717) is 5.92 Å². The minimum Gasteiger partial charge on any atom is -0.325 e. The smallest absolute Gasteiger partial charge is 0.123 e. The fraction of sp³-hybridized carbons (Fsp3) is 0.625. The van der Waals surface area contributed by atoms with E-state index in [0.717, 1.165) is 17.9 Å². The van der Waals surface area contributed by atoms with Crippen molar-refractivity contribution in [1.29, 1.82) is 0 Å². The summed E-state index contributed by atoms with van der Waals surface area (Å²) in [4.78, 5) is 0. The SMILES string of the molecule is CC1CCCC(C(C)(N)Cc2cccc(F)c2)C1. The first-order chi connectivity index (χ1) is 8.47. The molecule has 0 heterocycles. The first-order valence-electron chi connectivity index (χ1n) is 7.01. The van der Waals surface area contributed by atoms with Crippen LogP contribution in [0.2, 0.25) is 0 Å².